The number of nitrogens with zero attached hydrogens (tertiary/aromatic N) is 2. The van der Waals surface area contributed by atoms with Crippen LogP contribution in [-0.4, -0.2) is 32.5 Å². The van der Waals surface area contributed by atoms with E-state index in [1.54, 1.807) is 6.07 Å². The maximum Gasteiger partial charge on any atom is 0.229 e. The third kappa shape index (κ3) is 5.69. The first-order chi connectivity index (χ1) is 14.9. The van der Waals surface area contributed by atoms with Crippen molar-refractivity contribution in [2.45, 2.75) is 25.4 Å². The second-order valence-corrected chi connectivity index (χ2v) is 9.69. The normalized spacial score (nSPS) is 15.8. The molecule has 7 heteroatoms. The van der Waals surface area contributed by atoms with Gasteiger partial charge in [-0.05, 0) is 34.7 Å². The van der Waals surface area contributed by atoms with Crippen LogP contribution in [0.15, 0.2) is 83.9 Å². The number of nitrogens with one attached hydrogen (secondary N) is 1. The summed E-state index contributed by atoms with van der Waals surface area (Å²) in [5.41, 5.74) is 5.26. The average molecular weight is 470 g/mol. The van der Waals surface area contributed by atoms with Crippen molar-refractivity contribution in [3.63, 3.8) is 0 Å². The first-order valence-corrected chi connectivity index (χ1v) is 12.3. The minimum absolute atomic E-state index is 0. The van der Waals surface area contributed by atoms with Crippen LogP contribution < -0.4 is 4.72 Å². The number of rotatable bonds is 6. The summed E-state index contributed by atoms with van der Waals surface area (Å²) in [6.07, 6.45) is 2.59. The molecule has 1 N–H and O–H groups in total. The van der Waals surface area contributed by atoms with Gasteiger partial charge >= 0.3 is 0 Å². The second-order valence-electron chi connectivity index (χ2n) is 7.94. The third-order valence-electron chi connectivity index (χ3n) is 5.52. The van der Waals surface area contributed by atoms with Crippen LogP contribution >= 0.6 is 12.4 Å². The van der Waals surface area contributed by atoms with Crippen molar-refractivity contribution in [2.24, 2.45) is 4.99 Å². The number of hydrogen-bond acceptors (Lipinski definition) is 4. The summed E-state index contributed by atoms with van der Waals surface area (Å²) in [5, 5.41) is 0. The number of amidine groups is 1. The topological polar surface area (TPSA) is 61.8 Å². The van der Waals surface area contributed by atoms with Crippen LogP contribution in [0.3, 0.4) is 0 Å². The fourth-order valence-electron chi connectivity index (χ4n) is 4.04. The van der Waals surface area contributed by atoms with Gasteiger partial charge in [0, 0.05) is 20.0 Å². The number of aliphatic imine (C=N–C) groups is 1. The van der Waals surface area contributed by atoms with Crippen molar-refractivity contribution in [3.05, 3.63) is 101 Å². The number of aryl methyl sites for hydroxylation is 1. The van der Waals surface area contributed by atoms with E-state index in [1.807, 2.05) is 24.3 Å². The predicted octanol–water partition coefficient (Wildman–Crippen LogP) is 5.05. The van der Waals surface area contributed by atoms with E-state index in [1.165, 1.54) is 22.9 Å². The van der Waals surface area contributed by atoms with Crippen LogP contribution in [-0.2, 0) is 23.0 Å². The minimum atomic E-state index is -3.33. The third-order valence-corrected chi connectivity index (χ3v) is 6.11. The van der Waals surface area contributed by atoms with Crippen LogP contribution in [0.2, 0.25) is 0 Å². The molecule has 1 atom stereocenters. The summed E-state index contributed by atoms with van der Waals surface area (Å²) in [4.78, 5) is 7.39. The van der Waals surface area contributed by atoms with E-state index in [0.717, 1.165) is 24.4 Å². The lowest BCUT2D eigenvalue weighted by Crippen LogP contribution is -2.26. The average Bonchev–Trinajstić information content (AvgIpc) is 2.89. The molecule has 0 saturated heterocycles. The standard InChI is InChI=1S/C25H27N3O2S.ClH/c1-28-18-21-13-6-8-14-22(21)25(20-11-4-3-5-12-20)26-24(28)17-16-19-10-7-9-15-23(19)27-31(2,29)30;/h3-15,25,27H,16-18H2,1-2H3;1H. The molecule has 0 bridgehead atoms. The number of para-hydroxylation sites is 1. The van der Waals surface area contributed by atoms with E-state index in [2.05, 4.69) is 65.2 Å². The predicted molar refractivity (Wildman–Crippen MR) is 134 cm³/mol. The van der Waals surface area contributed by atoms with Gasteiger partial charge in [0.25, 0.3) is 0 Å². The highest BCUT2D eigenvalue weighted by atomic mass is 35.5. The number of benzene rings is 3. The molecule has 0 fully saturated rings. The van der Waals surface area contributed by atoms with E-state index in [0.29, 0.717) is 12.1 Å². The molecule has 0 radical (unpaired) electrons. The molecule has 5 nitrogen and oxygen atoms in total. The fraction of sp³-hybridized carbons (Fsp3) is 0.240. The lowest BCUT2D eigenvalue weighted by atomic mass is 9.95. The molecule has 1 heterocycles. The van der Waals surface area contributed by atoms with E-state index < -0.39 is 10.0 Å². The van der Waals surface area contributed by atoms with E-state index in [-0.39, 0.29) is 18.4 Å². The summed E-state index contributed by atoms with van der Waals surface area (Å²) in [7, 11) is -1.26. The van der Waals surface area contributed by atoms with Gasteiger partial charge in [-0.25, -0.2) is 8.42 Å². The Labute approximate surface area is 196 Å². The largest absolute Gasteiger partial charge is 0.359 e. The SMILES string of the molecule is CN1Cc2ccccc2C(c2ccccc2)N=C1CCc1ccccc1NS(C)(=O)=O.Cl. The van der Waals surface area contributed by atoms with Crippen molar-refractivity contribution in [2.75, 3.05) is 18.0 Å². The van der Waals surface area contributed by atoms with Gasteiger partial charge in [-0.2, -0.15) is 0 Å². The first-order valence-electron chi connectivity index (χ1n) is 10.4. The zero-order chi connectivity index (χ0) is 21.8. The van der Waals surface area contributed by atoms with E-state index in [9.17, 15) is 8.42 Å². The molecule has 1 aliphatic heterocycles. The second kappa shape index (κ2) is 10.2. The fourth-order valence-corrected chi connectivity index (χ4v) is 4.64. The lowest BCUT2D eigenvalue weighted by molar-refractivity contribution is 0.490. The number of fused-ring (bicyclic) bond motifs is 1. The van der Waals surface area contributed by atoms with Crippen molar-refractivity contribution in [1.29, 1.82) is 0 Å². The molecule has 0 amide bonds. The highest BCUT2D eigenvalue weighted by molar-refractivity contribution is 7.92. The Balaban J connectivity index is 0.00000289. The van der Waals surface area contributed by atoms with Crippen molar-refractivity contribution in [3.8, 4) is 0 Å². The number of sulfonamides is 1. The molecule has 0 saturated carbocycles. The lowest BCUT2D eigenvalue weighted by Gasteiger charge is -2.20. The zero-order valence-electron chi connectivity index (χ0n) is 18.2. The summed E-state index contributed by atoms with van der Waals surface area (Å²) in [6, 6.07) is 26.3. The Morgan fingerprint density at radius 2 is 1.59 bits per heavy atom. The van der Waals surface area contributed by atoms with Crippen molar-refractivity contribution >= 4 is 34.0 Å². The Morgan fingerprint density at radius 3 is 2.34 bits per heavy atom. The van der Waals surface area contributed by atoms with Crippen LogP contribution in [0.4, 0.5) is 5.69 Å². The Morgan fingerprint density at radius 1 is 0.938 bits per heavy atom. The Hall–Kier alpha value is -2.83. The van der Waals surface area contributed by atoms with Crippen LogP contribution in [0.5, 0.6) is 0 Å². The number of halogens is 1. The van der Waals surface area contributed by atoms with Crippen molar-refractivity contribution in [1.82, 2.24) is 4.90 Å². The molecule has 0 aliphatic carbocycles. The molecule has 1 aliphatic rings. The van der Waals surface area contributed by atoms with Gasteiger partial charge < -0.3 is 4.90 Å². The van der Waals surface area contributed by atoms with Gasteiger partial charge in [0.05, 0.1) is 11.9 Å². The van der Waals surface area contributed by atoms with E-state index in [4.69, 9.17) is 4.99 Å². The van der Waals surface area contributed by atoms with Gasteiger partial charge in [0.1, 0.15) is 11.9 Å². The maximum atomic E-state index is 11.7. The molecule has 4 rings (SSSR count). The van der Waals surface area contributed by atoms with Gasteiger partial charge in [0.2, 0.25) is 10.0 Å². The van der Waals surface area contributed by atoms with Gasteiger partial charge in [0.15, 0.2) is 0 Å². The summed E-state index contributed by atoms with van der Waals surface area (Å²) >= 11 is 0. The Bertz CT molecular complexity index is 1200. The number of hydrogen-bond donors (Lipinski definition) is 1. The zero-order valence-corrected chi connectivity index (χ0v) is 19.9. The van der Waals surface area contributed by atoms with Crippen LogP contribution in [0.1, 0.15) is 34.7 Å². The molecule has 32 heavy (non-hydrogen) atoms. The molecule has 168 valence electrons. The monoisotopic (exact) mass is 469 g/mol. The van der Waals surface area contributed by atoms with Crippen LogP contribution in [0, 0.1) is 0 Å². The van der Waals surface area contributed by atoms with E-state index >= 15 is 0 Å². The summed E-state index contributed by atoms with van der Waals surface area (Å²) in [6.45, 7) is 0.793. The molecule has 0 aromatic heterocycles. The number of anilines is 1. The van der Waals surface area contributed by atoms with Gasteiger partial charge in [-0.3, -0.25) is 9.71 Å². The molecule has 0 spiro atoms. The molecular formula is C25H28ClN3O2S. The van der Waals surface area contributed by atoms with Gasteiger partial charge in [-0.1, -0.05) is 72.8 Å². The molecule has 3 aromatic carbocycles. The maximum absolute atomic E-state index is 11.7. The first kappa shape index (κ1) is 23.8. The smallest absolute Gasteiger partial charge is 0.229 e. The molecular weight excluding hydrogens is 442 g/mol. The highest BCUT2D eigenvalue weighted by Gasteiger charge is 2.23. The quantitative estimate of drug-likeness (QED) is 0.549. The van der Waals surface area contributed by atoms with Crippen molar-refractivity contribution < 1.29 is 8.42 Å². The Kier molecular flexibility index (Phi) is 7.59. The summed E-state index contributed by atoms with van der Waals surface area (Å²) < 4.78 is 26.1. The van der Waals surface area contributed by atoms with Crippen LogP contribution in [0.25, 0.3) is 0 Å². The highest BCUT2D eigenvalue weighted by Crippen LogP contribution is 2.32. The van der Waals surface area contributed by atoms with Gasteiger partial charge in [-0.15, -0.1) is 12.4 Å². The molecule has 3 aromatic rings. The minimum Gasteiger partial charge on any atom is -0.359 e. The molecule has 1 unspecified atom stereocenters. The summed E-state index contributed by atoms with van der Waals surface area (Å²) in [5.74, 6) is 1.01.